The minimum absolute atomic E-state index is 0.0566. The molecule has 0 saturated heterocycles. The number of aryl methyl sites for hydroxylation is 1. The zero-order valence-electron chi connectivity index (χ0n) is 22.4. The molecule has 0 amide bonds. The first-order chi connectivity index (χ1) is 18.9. The van der Waals surface area contributed by atoms with Crippen LogP contribution in [0.25, 0.3) is 5.70 Å². The van der Waals surface area contributed by atoms with E-state index in [0.29, 0.717) is 18.8 Å². The van der Waals surface area contributed by atoms with Gasteiger partial charge in [0.25, 0.3) is 0 Å². The number of Topliss-reactive ketones (excluding diaryl/α,β-unsaturated/α-hetero) is 1. The molecule has 1 aromatic heterocycles. The van der Waals surface area contributed by atoms with Crippen molar-refractivity contribution in [3.8, 4) is 11.5 Å². The third-order valence-electron chi connectivity index (χ3n) is 8.54. The SMILES string of the molecule is C=C1CC(C)=C(c2ccc3c(c2)CCC(c2cccnc2)C3CCC(=O)c2ccc(O)cc2O)N=C1C1CC1. The number of ketones is 1. The summed E-state index contributed by atoms with van der Waals surface area (Å²) in [7, 11) is 0. The first-order valence-electron chi connectivity index (χ1n) is 13.9. The number of allylic oxidation sites excluding steroid dienone is 2. The second-order valence-corrected chi connectivity index (χ2v) is 11.3. The maximum absolute atomic E-state index is 13.1. The van der Waals surface area contributed by atoms with Gasteiger partial charge in [0.05, 0.1) is 11.3 Å². The Balaban J connectivity index is 1.31. The maximum Gasteiger partial charge on any atom is 0.166 e. The number of rotatable bonds is 7. The lowest BCUT2D eigenvalue weighted by atomic mass is 9.70. The van der Waals surface area contributed by atoms with E-state index in [9.17, 15) is 15.0 Å². The van der Waals surface area contributed by atoms with E-state index < -0.39 is 0 Å². The third kappa shape index (κ3) is 5.06. The monoisotopic (exact) mass is 518 g/mol. The lowest BCUT2D eigenvalue weighted by Crippen LogP contribution is -2.21. The molecule has 5 heteroatoms. The minimum atomic E-state index is -0.178. The average molecular weight is 519 g/mol. The molecule has 2 aromatic carbocycles. The van der Waals surface area contributed by atoms with Gasteiger partial charge in [-0.05, 0) is 109 Å². The van der Waals surface area contributed by atoms with Gasteiger partial charge in [-0.25, -0.2) is 0 Å². The van der Waals surface area contributed by atoms with Crippen molar-refractivity contribution in [2.24, 2.45) is 10.9 Å². The van der Waals surface area contributed by atoms with E-state index in [0.717, 1.165) is 25.0 Å². The zero-order valence-corrected chi connectivity index (χ0v) is 22.4. The summed E-state index contributed by atoms with van der Waals surface area (Å²) in [6, 6.07) is 15.0. The highest BCUT2D eigenvalue weighted by molar-refractivity contribution is 6.07. The second-order valence-electron chi connectivity index (χ2n) is 11.3. The number of carbonyl (C=O) groups is 1. The van der Waals surface area contributed by atoms with Crippen LogP contribution < -0.4 is 0 Å². The molecule has 2 unspecified atom stereocenters. The topological polar surface area (TPSA) is 82.8 Å². The summed E-state index contributed by atoms with van der Waals surface area (Å²) in [5.74, 6) is 0.639. The number of phenols is 2. The summed E-state index contributed by atoms with van der Waals surface area (Å²) in [6.45, 7) is 6.46. The number of carbonyl (C=O) groups excluding carboxylic acids is 1. The molecule has 2 N–H and O–H groups in total. The molecule has 198 valence electrons. The van der Waals surface area contributed by atoms with Gasteiger partial charge < -0.3 is 10.2 Å². The van der Waals surface area contributed by atoms with Crippen LogP contribution in [0.3, 0.4) is 0 Å². The average Bonchev–Trinajstić information content (AvgIpc) is 3.77. The van der Waals surface area contributed by atoms with Gasteiger partial charge in [-0.1, -0.05) is 24.8 Å². The van der Waals surface area contributed by atoms with Gasteiger partial charge in [0.15, 0.2) is 5.78 Å². The highest BCUT2D eigenvalue weighted by atomic mass is 16.3. The fraction of sp³-hybridized carbons (Fsp3) is 0.324. The first-order valence-corrected chi connectivity index (χ1v) is 13.9. The van der Waals surface area contributed by atoms with Gasteiger partial charge in [0.2, 0.25) is 0 Å². The van der Waals surface area contributed by atoms with Crippen LogP contribution in [-0.2, 0) is 6.42 Å². The molecule has 3 aliphatic rings. The highest BCUT2D eigenvalue weighted by Gasteiger charge is 2.34. The van der Waals surface area contributed by atoms with Crippen LogP contribution in [0, 0.1) is 5.92 Å². The van der Waals surface area contributed by atoms with Gasteiger partial charge in [0.1, 0.15) is 11.5 Å². The Hall–Kier alpha value is -3.99. The van der Waals surface area contributed by atoms with Gasteiger partial charge in [-0.3, -0.25) is 14.8 Å². The number of hydrogen-bond acceptors (Lipinski definition) is 5. The Morgan fingerprint density at radius 2 is 1.92 bits per heavy atom. The molecule has 0 radical (unpaired) electrons. The fourth-order valence-electron chi connectivity index (χ4n) is 6.43. The van der Waals surface area contributed by atoms with E-state index in [1.807, 2.05) is 12.3 Å². The minimum Gasteiger partial charge on any atom is -0.508 e. The Morgan fingerprint density at radius 3 is 2.67 bits per heavy atom. The van der Waals surface area contributed by atoms with E-state index in [1.165, 1.54) is 70.2 Å². The normalized spacial score (nSPS) is 20.9. The molecular formula is C34H34N2O3. The number of phenolic OH excluding ortho intramolecular Hbond substituents is 2. The molecule has 2 heterocycles. The molecule has 2 atom stereocenters. The van der Waals surface area contributed by atoms with Crippen molar-refractivity contribution in [2.75, 3.05) is 0 Å². The number of benzene rings is 2. The first kappa shape index (κ1) is 25.3. The lowest BCUT2D eigenvalue weighted by Gasteiger charge is -2.34. The number of nitrogens with zero attached hydrogens (tertiary/aromatic N) is 2. The van der Waals surface area contributed by atoms with E-state index in [-0.39, 0.29) is 34.7 Å². The highest BCUT2D eigenvalue weighted by Crippen LogP contribution is 2.46. The lowest BCUT2D eigenvalue weighted by molar-refractivity contribution is 0.0973. The second kappa shape index (κ2) is 10.3. The van der Waals surface area contributed by atoms with Crippen molar-refractivity contribution >= 4 is 17.2 Å². The maximum atomic E-state index is 13.1. The Labute approximate surface area is 229 Å². The Bertz CT molecular complexity index is 1510. The van der Waals surface area contributed by atoms with Crippen molar-refractivity contribution in [3.63, 3.8) is 0 Å². The standard InChI is InChI=1S/C34H34N2O3/c1-20-16-21(2)34(36-33(20)22-5-6-22)24-8-11-27-23(17-24)7-10-28(25-4-3-15-35-19-25)29(27)13-14-31(38)30-12-9-26(37)18-32(30)39/h3-4,8-9,11-12,15,17-19,22,28-29,37,39H,1,5-7,10,13-14,16H2,2H3. The van der Waals surface area contributed by atoms with Crippen LogP contribution in [0.5, 0.6) is 11.5 Å². The van der Waals surface area contributed by atoms with Crippen molar-refractivity contribution < 1.29 is 15.0 Å². The quantitative estimate of drug-likeness (QED) is 0.317. The number of aromatic hydroxyl groups is 2. The van der Waals surface area contributed by atoms with E-state index >= 15 is 0 Å². The molecule has 6 rings (SSSR count). The summed E-state index contributed by atoms with van der Waals surface area (Å²) >= 11 is 0. The fourth-order valence-corrected chi connectivity index (χ4v) is 6.43. The van der Waals surface area contributed by atoms with Gasteiger partial charge in [-0.2, -0.15) is 0 Å². The summed E-state index contributed by atoms with van der Waals surface area (Å²) in [4.78, 5) is 22.6. The summed E-state index contributed by atoms with van der Waals surface area (Å²) in [5, 5.41) is 19.8. The predicted octanol–water partition coefficient (Wildman–Crippen LogP) is 7.51. The van der Waals surface area contributed by atoms with Gasteiger partial charge >= 0.3 is 0 Å². The van der Waals surface area contributed by atoms with Crippen LogP contribution in [0.2, 0.25) is 0 Å². The molecule has 1 aliphatic heterocycles. The van der Waals surface area contributed by atoms with Crippen LogP contribution in [0.4, 0.5) is 0 Å². The van der Waals surface area contributed by atoms with Crippen LogP contribution in [0.1, 0.15) is 89.9 Å². The van der Waals surface area contributed by atoms with E-state index in [2.05, 4.69) is 42.8 Å². The molecule has 0 spiro atoms. The molecular weight excluding hydrogens is 484 g/mol. The Kier molecular flexibility index (Phi) is 6.68. The number of fused-ring (bicyclic) bond motifs is 1. The number of aliphatic imine (C=N–C) groups is 1. The predicted molar refractivity (Wildman–Crippen MR) is 154 cm³/mol. The van der Waals surface area contributed by atoms with E-state index in [1.54, 1.807) is 6.20 Å². The molecule has 5 nitrogen and oxygen atoms in total. The molecule has 1 fully saturated rings. The molecule has 2 aliphatic carbocycles. The van der Waals surface area contributed by atoms with Crippen LogP contribution in [-0.4, -0.2) is 26.7 Å². The van der Waals surface area contributed by atoms with Crippen LogP contribution >= 0.6 is 0 Å². The van der Waals surface area contributed by atoms with E-state index in [4.69, 9.17) is 4.99 Å². The summed E-state index contributed by atoms with van der Waals surface area (Å²) in [6.07, 6.45) is 9.98. The number of pyridine rings is 1. The van der Waals surface area contributed by atoms with Crippen molar-refractivity contribution in [3.05, 3.63) is 106 Å². The summed E-state index contributed by atoms with van der Waals surface area (Å²) in [5.41, 5.74) is 9.94. The largest absolute Gasteiger partial charge is 0.508 e. The molecule has 3 aromatic rings. The molecule has 0 bridgehead atoms. The van der Waals surface area contributed by atoms with Gasteiger partial charge in [0, 0.05) is 42.1 Å². The smallest absolute Gasteiger partial charge is 0.166 e. The summed E-state index contributed by atoms with van der Waals surface area (Å²) < 4.78 is 0. The zero-order chi connectivity index (χ0) is 27.1. The van der Waals surface area contributed by atoms with Gasteiger partial charge in [-0.15, -0.1) is 0 Å². The van der Waals surface area contributed by atoms with Crippen molar-refractivity contribution in [1.82, 2.24) is 4.98 Å². The van der Waals surface area contributed by atoms with Crippen molar-refractivity contribution in [1.29, 1.82) is 0 Å². The Morgan fingerprint density at radius 1 is 1.08 bits per heavy atom. The number of hydrogen-bond donors (Lipinski definition) is 2. The third-order valence-corrected chi connectivity index (χ3v) is 8.54. The molecule has 39 heavy (non-hydrogen) atoms. The van der Waals surface area contributed by atoms with Crippen LogP contribution in [0.15, 0.2) is 83.6 Å². The molecule has 1 saturated carbocycles. The van der Waals surface area contributed by atoms with Crippen molar-refractivity contribution in [2.45, 2.75) is 63.7 Å². The number of aromatic nitrogens is 1.